The van der Waals surface area contributed by atoms with Crippen molar-refractivity contribution in [2.24, 2.45) is 4.99 Å². The molecule has 3 rings (SSSR count). The first-order valence-electron chi connectivity index (χ1n) is 10.5. The van der Waals surface area contributed by atoms with E-state index in [4.69, 9.17) is 4.74 Å². The molecule has 0 bridgehead atoms. The fraction of sp³-hybridized carbons (Fsp3) is 0.545. The number of halogens is 1. The van der Waals surface area contributed by atoms with Gasteiger partial charge in [0.1, 0.15) is 5.75 Å². The molecule has 1 fully saturated rings. The van der Waals surface area contributed by atoms with Crippen molar-refractivity contribution in [1.29, 1.82) is 0 Å². The first kappa shape index (κ1) is 24.5. The number of hydrogen-bond acceptors (Lipinski definition) is 4. The van der Waals surface area contributed by atoms with Crippen molar-refractivity contribution in [3.05, 3.63) is 47.8 Å². The molecule has 1 aromatic carbocycles. The van der Waals surface area contributed by atoms with Crippen LogP contribution in [0.3, 0.4) is 0 Å². The van der Waals surface area contributed by atoms with Crippen molar-refractivity contribution >= 4 is 29.9 Å². The summed E-state index contributed by atoms with van der Waals surface area (Å²) in [6.07, 6.45) is 7.49. The monoisotopic (exact) mass is 526 g/mol. The maximum atomic E-state index is 5.44. The number of aryl methyl sites for hydroxylation is 2. The van der Waals surface area contributed by atoms with Gasteiger partial charge in [-0.05, 0) is 62.5 Å². The number of methoxy groups -OCH3 is 1. The molecular weight excluding hydrogens is 491 g/mol. The van der Waals surface area contributed by atoms with Crippen LogP contribution in [0.4, 0.5) is 0 Å². The van der Waals surface area contributed by atoms with Crippen molar-refractivity contribution in [2.45, 2.75) is 38.8 Å². The molecule has 8 heteroatoms. The van der Waals surface area contributed by atoms with E-state index in [9.17, 15) is 0 Å². The second-order valence-corrected chi connectivity index (χ2v) is 7.55. The smallest absolute Gasteiger partial charge is 0.191 e. The number of aromatic nitrogens is 2. The fourth-order valence-corrected chi connectivity index (χ4v) is 3.81. The van der Waals surface area contributed by atoms with Gasteiger partial charge in [0.2, 0.25) is 0 Å². The van der Waals surface area contributed by atoms with Gasteiger partial charge >= 0.3 is 0 Å². The number of benzene rings is 1. The second-order valence-electron chi connectivity index (χ2n) is 7.55. The summed E-state index contributed by atoms with van der Waals surface area (Å²) in [5.74, 6) is 1.75. The summed E-state index contributed by atoms with van der Waals surface area (Å²) in [6.45, 7) is 6.90. The van der Waals surface area contributed by atoms with Crippen molar-refractivity contribution in [2.75, 3.05) is 40.3 Å². The first-order valence-corrected chi connectivity index (χ1v) is 10.5. The third kappa shape index (κ3) is 7.16. The van der Waals surface area contributed by atoms with E-state index in [1.807, 2.05) is 24.0 Å². The highest BCUT2D eigenvalue weighted by molar-refractivity contribution is 14.0. The summed E-state index contributed by atoms with van der Waals surface area (Å²) in [7, 11) is 3.54. The van der Waals surface area contributed by atoms with Gasteiger partial charge in [-0.1, -0.05) is 12.1 Å². The number of likely N-dealkylation sites (tertiary alicyclic amines) is 1. The van der Waals surface area contributed by atoms with Crippen LogP contribution in [0.2, 0.25) is 0 Å². The highest BCUT2D eigenvalue weighted by Gasteiger charge is 2.24. The van der Waals surface area contributed by atoms with Crippen LogP contribution in [-0.4, -0.2) is 61.0 Å². The standard InChI is InChI=1S/C22H34N6O.HI/c1-18-15-26-28(17-18)13-7-10-24-22(23-2)25-16-21(27-11-4-5-12-27)19-8-6-9-20(14-19)29-3;/h6,8-9,14-15,17,21H,4-5,7,10-13,16H2,1-3H3,(H2,23,24,25);1H. The molecule has 2 aromatic rings. The maximum Gasteiger partial charge on any atom is 0.191 e. The quantitative estimate of drug-likeness (QED) is 0.228. The number of ether oxygens (including phenoxy) is 1. The minimum atomic E-state index is 0. The minimum absolute atomic E-state index is 0. The summed E-state index contributed by atoms with van der Waals surface area (Å²) in [5, 5.41) is 11.3. The molecule has 0 saturated carbocycles. The SMILES string of the molecule is CN=C(NCCCn1cc(C)cn1)NCC(c1cccc(OC)c1)N1CCCC1.I. The fourth-order valence-electron chi connectivity index (χ4n) is 3.81. The molecule has 1 aliphatic rings. The van der Waals surface area contributed by atoms with Gasteiger partial charge in [0, 0.05) is 32.9 Å². The van der Waals surface area contributed by atoms with Gasteiger partial charge in [-0.3, -0.25) is 14.6 Å². The number of hydrogen-bond donors (Lipinski definition) is 2. The van der Waals surface area contributed by atoms with Gasteiger partial charge in [0.15, 0.2) is 5.96 Å². The van der Waals surface area contributed by atoms with Gasteiger partial charge < -0.3 is 15.4 Å². The van der Waals surface area contributed by atoms with E-state index < -0.39 is 0 Å². The molecule has 1 unspecified atom stereocenters. The van der Waals surface area contributed by atoms with Gasteiger partial charge in [-0.15, -0.1) is 24.0 Å². The molecular formula is C22H35IN6O. The summed E-state index contributed by atoms with van der Waals surface area (Å²) in [4.78, 5) is 6.94. The topological polar surface area (TPSA) is 66.7 Å². The van der Waals surface area contributed by atoms with E-state index in [1.54, 1.807) is 7.11 Å². The van der Waals surface area contributed by atoms with E-state index in [1.165, 1.54) is 24.0 Å². The van der Waals surface area contributed by atoms with Gasteiger partial charge in [0.05, 0.1) is 19.3 Å². The molecule has 2 N–H and O–H groups in total. The zero-order valence-corrected chi connectivity index (χ0v) is 20.6. The van der Waals surface area contributed by atoms with Gasteiger partial charge in [-0.25, -0.2) is 0 Å². The maximum absolute atomic E-state index is 5.44. The number of nitrogens with one attached hydrogen (secondary N) is 2. The molecule has 0 amide bonds. The summed E-state index contributed by atoms with van der Waals surface area (Å²) < 4.78 is 7.42. The highest BCUT2D eigenvalue weighted by Crippen LogP contribution is 2.27. The molecule has 0 spiro atoms. The Bertz CT molecular complexity index is 787. The van der Waals surface area contributed by atoms with Crippen molar-refractivity contribution < 1.29 is 4.74 Å². The second kappa shape index (κ2) is 12.8. The third-order valence-corrected chi connectivity index (χ3v) is 5.37. The lowest BCUT2D eigenvalue weighted by molar-refractivity contribution is 0.245. The Morgan fingerprint density at radius 2 is 2.07 bits per heavy atom. The summed E-state index contributed by atoms with van der Waals surface area (Å²) in [6, 6.07) is 8.71. The number of aliphatic imine (C=N–C) groups is 1. The molecule has 30 heavy (non-hydrogen) atoms. The van der Waals surface area contributed by atoms with Crippen LogP contribution in [0.15, 0.2) is 41.7 Å². The molecule has 1 aliphatic heterocycles. The number of rotatable bonds is 9. The van der Waals surface area contributed by atoms with Crippen molar-refractivity contribution in [1.82, 2.24) is 25.3 Å². The van der Waals surface area contributed by atoms with Crippen LogP contribution in [0, 0.1) is 6.92 Å². The van der Waals surface area contributed by atoms with Gasteiger partial charge in [0.25, 0.3) is 0 Å². The third-order valence-electron chi connectivity index (χ3n) is 5.37. The Morgan fingerprint density at radius 1 is 1.27 bits per heavy atom. The van der Waals surface area contributed by atoms with E-state index in [2.05, 4.69) is 56.9 Å². The van der Waals surface area contributed by atoms with E-state index in [0.717, 1.165) is 50.9 Å². The van der Waals surface area contributed by atoms with Crippen LogP contribution >= 0.6 is 24.0 Å². The normalized spacial score (nSPS) is 15.5. The molecule has 1 saturated heterocycles. The first-order chi connectivity index (χ1) is 14.2. The number of guanidine groups is 1. The zero-order valence-electron chi connectivity index (χ0n) is 18.3. The molecule has 166 valence electrons. The van der Waals surface area contributed by atoms with Gasteiger partial charge in [-0.2, -0.15) is 5.10 Å². The predicted molar refractivity (Wildman–Crippen MR) is 133 cm³/mol. The molecule has 2 heterocycles. The van der Waals surface area contributed by atoms with E-state index in [0.29, 0.717) is 6.04 Å². The minimum Gasteiger partial charge on any atom is -0.497 e. The molecule has 7 nitrogen and oxygen atoms in total. The molecule has 0 radical (unpaired) electrons. The number of nitrogens with zero attached hydrogens (tertiary/aromatic N) is 4. The predicted octanol–water partition coefficient (Wildman–Crippen LogP) is 3.21. The Morgan fingerprint density at radius 3 is 2.73 bits per heavy atom. The lowest BCUT2D eigenvalue weighted by Gasteiger charge is -2.29. The highest BCUT2D eigenvalue weighted by atomic mass is 127. The summed E-state index contributed by atoms with van der Waals surface area (Å²) >= 11 is 0. The Hall–Kier alpha value is -1.81. The Labute approximate surface area is 197 Å². The molecule has 1 aromatic heterocycles. The van der Waals surface area contributed by atoms with Crippen molar-refractivity contribution in [3.8, 4) is 5.75 Å². The zero-order chi connectivity index (χ0) is 20.5. The lowest BCUT2D eigenvalue weighted by Crippen LogP contribution is -2.43. The largest absolute Gasteiger partial charge is 0.497 e. The van der Waals surface area contributed by atoms with Crippen LogP contribution in [0.25, 0.3) is 0 Å². The Balaban J connectivity index is 0.00000320. The average Bonchev–Trinajstić information content (AvgIpc) is 3.42. The van der Waals surface area contributed by atoms with E-state index >= 15 is 0 Å². The van der Waals surface area contributed by atoms with Crippen LogP contribution < -0.4 is 15.4 Å². The van der Waals surface area contributed by atoms with Crippen molar-refractivity contribution in [3.63, 3.8) is 0 Å². The van der Waals surface area contributed by atoms with E-state index in [-0.39, 0.29) is 24.0 Å². The summed E-state index contributed by atoms with van der Waals surface area (Å²) in [5.41, 5.74) is 2.48. The Kier molecular flexibility index (Phi) is 10.4. The average molecular weight is 526 g/mol. The lowest BCUT2D eigenvalue weighted by atomic mass is 10.1. The molecule has 0 aliphatic carbocycles. The molecule has 1 atom stereocenters. The van der Waals surface area contributed by atoms with Crippen LogP contribution in [-0.2, 0) is 6.54 Å². The van der Waals surface area contributed by atoms with Crippen LogP contribution in [0.1, 0.15) is 36.4 Å². The van der Waals surface area contributed by atoms with Crippen LogP contribution in [0.5, 0.6) is 5.75 Å².